The Morgan fingerprint density at radius 1 is 1.35 bits per heavy atom. The van der Waals surface area contributed by atoms with Crippen LogP contribution in [0.4, 0.5) is 0 Å². The minimum atomic E-state index is -0.00776. The van der Waals surface area contributed by atoms with E-state index in [-0.39, 0.29) is 11.8 Å². The summed E-state index contributed by atoms with van der Waals surface area (Å²) in [5, 5.41) is 3.79. The summed E-state index contributed by atoms with van der Waals surface area (Å²) in [4.78, 5) is 14.5. The zero-order valence-corrected chi connectivity index (χ0v) is 13.0. The Kier molecular flexibility index (Phi) is 5.44. The summed E-state index contributed by atoms with van der Waals surface area (Å²) < 4.78 is 0. The lowest BCUT2D eigenvalue weighted by molar-refractivity contribution is -0.123. The highest BCUT2D eigenvalue weighted by molar-refractivity contribution is 6.30. The summed E-state index contributed by atoms with van der Waals surface area (Å²) in [7, 11) is 4.09. The third-order valence-corrected chi connectivity index (χ3v) is 3.94. The highest BCUT2D eigenvalue weighted by atomic mass is 35.5. The van der Waals surface area contributed by atoms with E-state index in [0.29, 0.717) is 5.92 Å². The molecular formula is C16H23ClN2O. The van der Waals surface area contributed by atoms with Gasteiger partial charge < -0.3 is 10.2 Å². The summed E-state index contributed by atoms with van der Waals surface area (Å²) in [6.45, 7) is 1.74. The molecule has 0 radical (unpaired) electrons. The third kappa shape index (κ3) is 4.50. The van der Waals surface area contributed by atoms with E-state index in [1.54, 1.807) is 0 Å². The van der Waals surface area contributed by atoms with Gasteiger partial charge in [0.25, 0.3) is 0 Å². The number of benzene rings is 1. The molecule has 1 aromatic carbocycles. The van der Waals surface area contributed by atoms with Crippen LogP contribution in [-0.2, 0) is 4.79 Å². The van der Waals surface area contributed by atoms with Gasteiger partial charge in [-0.25, -0.2) is 0 Å². The maximum Gasteiger partial charge on any atom is 0.227 e. The Balaban J connectivity index is 1.91. The number of halogens is 1. The number of nitrogens with zero attached hydrogens (tertiary/aromatic N) is 1. The van der Waals surface area contributed by atoms with Gasteiger partial charge in [0, 0.05) is 11.6 Å². The minimum absolute atomic E-state index is 0.00776. The van der Waals surface area contributed by atoms with Crippen LogP contribution in [0.25, 0.3) is 0 Å². The fraction of sp³-hybridized carbons (Fsp3) is 0.562. The second-order valence-electron chi connectivity index (χ2n) is 5.81. The maximum atomic E-state index is 12.4. The molecule has 3 nitrogen and oxygen atoms in total. The molecule has 1 saturated carbocycles. The van der Waals surface area contributed by atoms with Gasteiger partial charge in [-0.2, -0.15) is 0 Å². The van der Waals surface area contributed by atoms with Gasteiger partial charge in [-0.1, -0.05) is 23.7 Å². The molecule has 1 aliphatic rings. The third-order valence-electron chi connectivity index (χ3n) is 3.69. The van der Waals surface area contributed by atoms with Gasteiger partial charge in [0.05, 0.1) is 5.92 Å². The van der Waals surface area contributed by atoms with Gasteiger partial charge in [-0.3, -0.25) is 4.79 Å². The average Bonchev–Trinajstić information content (AvgIpc) is 3.22. The molecule has 1 fully saturated rings. The van der Waals surface area contributed by atoms with Crippen LogP contribution in [-0.4, -0.2) is 38.0 Å². The van der Waals surface area contributed by atoms with Crippen molar-refractivity contribution in [1.29, 1.82) is 0 Å². The summed E-state index contributed by atoms with van der Waals surface area (Å²) in [5.41, 5.74) is 1.09. The Morgan fingerprint density at radius 3 is 2.55 bits per heavy atom. The first-order valence-corrected chi connectivity index (χ1v) is 7.63. The molecule has 2 rings (SSSR count). The van der Waals surface area contributed by atoms with Crippen LogP contribution in [0.15, 0.2) is 24.3 Å². The number of hydrogen-bond acceptors (Lipinski definition) is 2. The van der Waals surface area contributed by atoms with Crippen LogP contribution in [0.3, 0.4) is 0 Å². The maximum absolute atomic E-state index is 12.4. The van der Waals surface area contributed by atoms with Crippen molar-refractivity contribution in [3.8, 4) is 0 Å². The highest BCUT2D eigenvalue weighted by Gasteiger charge is 2.36. The number of nitrogens with one attached hydrogen (secondary N) is 1. The normalized spacial score (nSPS) is 16.2. The molecule has 20 heavy (non-hydrogen) atoms. The molecule has 0 spiro atoms. The van der Waals surface area contributed by atoms with Gasteiger partial charge >= 0.3 is 0 Å². The molecule has 0 bridgehead atoms. The molecule has 1 aliphatic carbocycles. The summed E-state index contributed by atoms with van der Waals surface area (Å²) >= 11 is 5.92. The molecule has 1 amide bonds. The Hall–Kier alpha value is -1.06. The molecule has 0 aromatic heterocycles. The first-order chi connectivity index (χ1) is 9.58. The molecule has 110 valence electrons. The summed E-state index contributed by atoms with van der Waals surface area (Å²) in [6.07, 6.45) is 3.29. The Labute approximate surface area is 126 Å². The predicted octanol–water partition coefficient (Wildman–Crippen LogP) is 2.90. The van der Waals surface area contributed by atoms with E-state index in [1.165, 1.54) is 0 Å². The number of carbonyl (C=O) groups is 1. The Morgan fingerprint density at radius 2 is 2.00 bits per heavy atom. The predicted molar refractivity (Wildman–Crippen MR) is 83.1 cm³/mol. The molecule has 0 saturated heterocycles. The summed E-state index contributed by atoms with van der Waals surface area (Å²) in [5.74, 6) is 0.658. The van der Waals surface area contributed by atoms with Crippen LogP contribution in [0, 0.1) is 5.92 Å². The van der Waals surface area contributed by atoms with Crippen molar-refractivity contribution in [2.24, 2.45) is 5.92 Å². The quantitative estimate of drug-likeness (QED) is 0.784. The first kappa shape index (κ1) is 15.3. The first-order valence-electron chi connectivity index (χ1n) is 7.26. The average molecular weight is 295 g/mol. The van der Waals surface area contributed by atoms with Crippen molar-refractivity contribution in [3.05, 3.63) is 34.9 Å². The minimum Gasteiger partial charge on any atom is -0.356 e. The van der Waals surface area contributed by atoms with Crippen LogP contribution in [0.1, 0.15) is 30.7 Å². The molecule has 1 aromatic rings. The fourth-order valence-corrected chi connectivity index (χ4v) is 2.58. The van der Waals surface area contributed by atoms with Crippen molar-refractivity contribution >= 4 is 17.5 Å². The highest BCUT2D eigenvalue weighted by Crippen LogP contribution is 2.42. The van der Waals surface area contributed by atoms with Crippen LogP contribution in [0.2, 0.25) is 5.02 Å². The van der Waals surface area contributed by atoms with Crippen molar-refractivity contribution in [2.75, 3.05) is 27.2 Å². The lowest BCUT2D eigenvalue weighted by Crippen LogP contribution is -2.32. The standard InChI is InChI=1S/C16H23ClN2O/c1-19(2)11-3-10-18-16(20)15(12-4-5-12)13-6-8-14(17)9-7-13/h6-9,12,15H,3-5,10-11H2,1-2H3,(H,18,20). The molecule has 1 unspecified atom stereocenters. The van der Waals surface area contributed by atoms with Gasteiger partial charge in [-0.15, -0.1) is 0 Å². The van der Waals surface area contributed by atoms with Crippen LogP contribution in [0.5, 0.6) is 0 Å². The SMILES string of the molecule is CN(C)CCCNC(=O)C(c1ccc(Cl)cc1)C1CC1. The molecule has 0 heterocycles. The molecular weight excluding hydrogens is 272 g/mol. The van der Waals surface area contributed by atoms with Gasteiger partial charge in [0.2, 0.25) is 5.91 Å². The van der Waals surface area contributed by atoms with Crippen molar-refractivity contribution in [1.82, 2.24) is 10.2 Å². The van der Waals surface area contributed by atoms with Crippen LogP contribution >= 0.6 is 11.6 Å². The second-order valence-corrected chi connectivity index (χ2v) is 6.25. The van der Waals surface area contributed by atoms with Crippen molar-refractivity contribution in [3.63, 3.8) is 0 Å². The van der Waals surface area contributed by atoms with E-state index < -0.39 is 0 Å². The number of carbonyl (C=O) groups excluding carboxylic acids is 1. The van der Waals surface area contributed by atoms with E-state index in [0.717, 1.165) is 42.9 Å². The largest absolute Gasteiger partial charge is 0.356 e. The van der Waals surface area contributed by atoms with E-state index in [1.807, 2.05) is 38.4 Å². The topological polar surface area (TPSA) is 32.3 Å². The molecule has 1 atom stereocenters. The smallest absolute Gasteiger partial charge is 0.227 e. The summed E-state index contributed by atoms with van der Waals surface area (Å²) in [6, 6.07) is 7.69. The van der Waals surface area contributed by atoms with Gasteiger partial charge in [0.15, 0.2) is 0 Å². The van der Waals surface area contributed by atoms with Crippen LogP contribution < -0.4 is 5.32 Å². The Bertz CT molecular complexity index is 440. The lowest BCUT2D eigenvalue weighted by atomic mass is 9.93. The van der Waals surface area contributed by atoms with E-state index in [9.17, 15) is 4.79 Å². The number of hydrogen-bond donors (Lipinski definition) is 1. The molecule has 4 heteroatoms. The molecule has 1 N–H and O–H groups in total. The lowest BCUT2D eigenvalue weighted by Gasteiger charge is -2.17. The second kappa shape index (κ2) is 7.09. The monoisotopic (exact) mass is 294 g/mol. The number of rotatable bonds is 7. The van der Waals surface area contributed by atoms with Gasteiger partial charge in [-0.05, 0) is 63.5 Å². The van der Waals surface area contributed by atoms with E-state index in [4.69, 9.17) is 11.6 Å². The van der Waals surface area contributed by atoms with Crippen molar-refractivity contribution < 1.29 is 4.79 Å². The number of amides is 1. The molecule has 0 aliphatic heterocycles. The van der Waals surface area contributed by atoms with Gasteiger partial charge in [0.1, 0.15) is 0 Å². The zero-order chi connectivity index (χ0) is 14.5. The zero-order valence-electron chi connectivity index (χ0n) is 12.2. The fourth-order valence-electron chi connectivity index (χ4n) is 2.45. The van der Waals surface area contributed by atoms with E-state index in [2.05, 4.69) is 10.2 Å². The van der Waals surface area contributed by atoms with Crippen molar-refractivity contribution in [2.45, 2.75) is 25.2 Å². The van der Waals surface area contributed by atoms with E-state index >= 15 is 0 Å².